The number of thiazole rings is 1. The lowest BCUT2D eigenvalue weighted by Crippen LogP contribution is -2.39. The Morgan fingerprint density at radius 3 is 2.55 bits per heavy atom. The minimum Gasteiger partial charge on any atom is -0.497 e. The minimum absolute atomic E-state index is 0.0636. The smallest absolute Gasteiger partial charge is 0.271 e. The van der Waals surface area contributed by atoms with Crippen molar-refractivity contribution in [2.45, 2.75) is 18.9 Å². The summed E-state index contributed by atoms with van der Waals surface area (Å²) in [6, 6.07) is 32.4. The highest BCUT2D eigenvalue weighted by Gasteiger charge is 2.34. The van der Waals surface area contributed by atoms with E-state index in [2.05, 4.69) is 47.4 Å². The summed E-state index contributed by atoms with van der Waals surface area (Å²) in [7, 11) is 3.35. The van der Waals surface area contributed by atoms with Crippen LogP contribution in [0.15, 0.2) is 112 Å². The molecule has 0 saturated heterocycles. The van der Waals surface area contributed by atoms with Crippen LogP contribution in [0.5, 0.6) is 11.5 Å². The molecule has 4 aromatic carbocycles. The Morgan fingerprint density at radius 2 is 1.70 bits per heavy atom. The Labute approximate surface area is 257 Å². The number of nitrogens with zero attached hydrogens (tertiary/aromatic N) is 2. The van der Waals surface area contributed by atoms with E-state index in [0.717, 1.165) is 74.5 Å². The van der Waals surface area contributed by atoms with Crippen LogP contribution in [0.25, 0.3) is 33.9 Å². The van der Waals surface area contributed by atoms with Crippen LogP contribution in [0.3, 0.4) is 0 Å². The van der Waals surface area contributed by atoms with Crippen molar-refractivity contribution >= 4 is 34.0 Å². The van der Waals surface area contributed by atoms with E-state index >= 15 is 0 Å². The van der Waals surface area contributed by atoms with E-state index in [1.165, 1.54) is 16.9 Å². The Hall–Kier alpha value is -5.14. The number of benzene rings is 4. The van der Waals surface area contributed by atoms with Crippen molar-refractivity contribution in [3.63, 3.8) is 0 Å². The van der Waals surface area contributed by atoms with Gasteiger partial charge < -0.3 is 14.5 Å². The van der Waals surface area contributed by atoms with Gasteiger partial charge in [-0.15, -0.1) is 0 Å². The standard InChI is InChI=1S/C37H29N3O3S/c1-42-24-17-19-30-28(20-24)29(33(38-30)23-11-4-3-5-12-23)21-32-36(41)40-35(26-14-8-9-15-31(26)43-2)27-18-16-22-10-6-7-13-25(22)34(27)39-37(40)44-32/h3-15,17,19-21,35,38H,16,18H2,1-2H3/b32-21+/t35-/m0/s1. The van der Waals surface area contributed by atoms with Gasteiger partial charge in [-0.3, -0.25) is 9.36 Å². The molecule has 1 N–H and O–H groups in total. The van der Waals surface area contributed by atoms with Gasteiger partial charge in [-0.1, -0.05) is 84.1 Å². The Kier molecular flexibility index (Phi) is 6.34. The number of allylic oxidation sites excluding steroid dienone is 1. The number of fused-ring (bicyclic) bond motifs is 4. The highest BCUT2D eigenvalue weighted by Crippen LogP contribution is 2.43. The predicted molar refractivity (Wildman–Crippen MR) is 176 cm³/mol. The zero-order chi connectivity index (χ0) is 29.8. The van der Waals surface area contributed by atoms with Gasteiger partial charge in [0.15, 0.2) is 4.80 Å². The highest BCUT2D eigenvalue weighted by molar-refractivity contribution is 7.07. The molecule has 1 aliphatic heterocycles. The van der Waals surface area contributed by atoms with Crippen LogP contribution in [-0.4, -0.2) is 23.8 Å². The first kappa shape index (κ1) is 26.5. The maximum absolute atomic E-state index is 14.5. The van der Waals surface area contributed by atoms with Gasteiger partial charge in [0.1, 0.15) is 11.5 Å². The van der Waals surface area contributed by atoms with E-state index in [1.54, 1.807) is 14.2 Å². The first-order chi connectivity index (χ1) is 21.6. The third-order valence-corrected chi connectivity index (χ3v) is 9.67. The molecule has 2 aliphatic rings. The maximum Gasteiger partial charge on any atom is 0.271 e. The monoisotopic (exact) mass is 595 g/mol. The molecule has 0 spiro atoms. The molecule has 0 bridgehead atoms. The molecule has 216 valence electrons. The summed E-state index contributed by atoms with van der Waals surface area (Å²) < 4.78 is 13.9. The fraction of sp³-hybridized carbons (Fsp3) is 0.135. The minimum atomic E-state index is -0.315. The Balaban J connectivity index is 1.42. The lowest BCUT2D eigenvalue weighted by atomic mass is 9.83. The number of aromatic nitrogens is 2. The predicted octanol–water partition coefficient (Wildman–Crippen LogP) is 6.48. The van der Waals surface area contributed by atoms with Crippen molar-refractivity contribution in [1.82, 2.24) is 9.55 Å². The third kappa shape index (κ3) is 4.15. The number of methoxy groups -OCH3 is 2. The van der Waals surface area contributed by atoms with Gasteiger partial charge in [0.25, 0.3) is 5.56 Å². The van der Waals surface area contributed by atoms with Crippen molar-refractivity contribution in [1.29, 1.82) is 0 Å². The average Bonchev–Trinajstić information content (AvgIpc) is 3.60. The normalized spacial score (nSPS) is 15.9. The molecule has 8 rings (SSSR count). The van der Waals surface area contributed by atoms with Crippen molar-refractivity contribution in [2.24, 2.45) is 4.99 Å². The van der Waals surface area contributed by atoms with Gasteiger partial charge in [0.05, 0.1) is 36.2 Å². The number of aromatic amines is 1. The number of H-pyrrole nitrogens is 1. The molecule has 44 heavy (non-hydrogen) atoms. The van der Waals surface area contributed by atoms with Crippen molar-refractivity contribution in [3.8, 4) is 22.8 Å². The van der Waals surface area contributed by atoms with E-state index < -0.39 is 0 Å². The second-order valence-corrected chi connectivity index (χ2v) is 12.1. The van der Waals surface area contributed by atoms with Crippen LogP contribution >= 0.6 is 11.3 Å². The summed E-state index contributed by atoms with van der Waals surface area (Å²) in [5.41, 5.74) is 9.36. The second kappa shape index (κ2) is 10.5. The molecule has 6 aromatic rings. The molecular formula is C37H29N3O3S. The molecule has 3 heterocycles. The SMILES string of the molecule is COc1ccc2[nH]c(-c3ccccc3)c(/C=c3/sc4n(c3=O)[C@@H](c3ccccc3OC)C3=C(N=4)c4ccccc4CC3)c2c1. The molecule has 0 amide bonds. The average molecular weight is 596 g/mol. The fourth-order valence-electron chi connectivity index (χ4n) is 6.62. The van der Waals surface area contributed by atoms with Crippen LogP contribution in [0.2, 0.25) is 0 Å². The molecule has 1 aliphatic carbocycles. The number of rotatable bonds is 5. The molecule has 0 fully saturated rings. The summed E-state index contributed by atoms with van der Waals surface area (Å²) in [4.78, 5) is 24.0. The number of nitrogens with one attached hydrogen (secondary N) is 1. The van der Waals surface area contributed by atoms with E-state index in [1.807, 2.05) is 65.2 Å². The van der Waals surface area contributed by atoms with E-state index in [0.29, 0.717) is 9.33 Å². The molecule has 0 unspecified atom stereocenters. The van der Waals surface area contributed by atoms with Crippen molar-refractivity contribution in [2.75, 3.05) is 14.2 Å². The number of aryl methyl sites for hydroxylation is 1. The number of hydrogen-bond donors (Lipinski definition) is 1. The number of ether oxygens (including phenoxy) is 2. The zero-order valence-corrected chi connectivity index (χ0v) is 25.2. The second-order valence-electron chi connectivity index (χ2n) is 11.0. The number of hydrogen-bond acceptors (Lipinski definition) is 5. The van der Waals surface area contributed by atoms with E-state index in [-0.39, 0.29) is 11.6 Å². The van der Waals surface area contributed by atoms with Crippen LogP contribution in [-0.2, 0) is 6.42 Å². The Morgan fingerprint density at radius 1 is 0.909 bits per heavy atom. The molecule has 2 aromatic heterocycles. The zero-order valence-electron chi connectivity index (χ0n) is 24.3. The molecule has 0 radical (unpaired) electrons. The third-order valence-electron chi connectivity index (χ3n) is 8.69. The Bertz CT molecular complexity index is 2290. The lowest BCUT2D eigenvalue weighted by Gasteiger charge is -2.31. The molecule has 7 heteroatoms. The fourth-order valence-corrected chi connectivity index (χ4v) is 7.61. The van der Waals surface area contributed by atoms with Crippen LogP contribution in [0.1, 0.15) is 34.7 Å². The van der Waals surface area contributed by atoms with Gasteiger partial charge in [0, 0.05) is 27.6 Å². The van der Waals surface area contributed by atoms with Gasteiger partial charge >= 0.3 is 0 Å². The summed E-state index contributed by atoms with van der Waals surface area (Å²) in [5.74, 6) is 1.52. The van der Waals surface area contributed by atoms with Crippen LogP contribution in [0.4, 0.5) is 0 Å². The van der Waals surface area contributed by atoms with Gasteiger partial charge in [0.2, 0.25) is 0 Å². The van der Waals surface area contributed by atoms with Crippen LogP contribution in [0, 0.1) is 0 Å². The molecule has 6 nitrogen and oxygen atoms in total. The lowest BCUT2D eigenvalue weighted by molar-refractivity contribution is 0.402. The maximum atomic E-state index is 14.5. The topological polar surface area (TPSA) is 68.6 Å². The van der Waals surface area contributed by atoms with Crippen molar-refractivity contribution in [3.05, 3.63) is 145 Å². The largest absolute Gasteiger partial charge is 0.497 e. The first-order valence-electron chi connectivity index (χ1n) is 14.7. The summed E-state index contributed by atoms with van der Waals surface area (Å²) >= 11 is 1.43. The quantitative estimate of drug-likeness (QED) is 0.248. The van der Waals surface area contributed by atoms with Gasteiger partial charge in [-0.25, -0.2) is 4.99 Å². The van der Waals surface area contributed by atoms with Gasteiger partial charge in [-0.2, -0.15) is 0 Å². The van der Waals surface area contributed by atoms with Crippen molar-refractivity contribution < 1.29 is 9.47 Å². The molecule has 1 atom stereocenters. The molecule has 0 saturated carbocycles. The number of para-hydroxylation sites is 1. The summed E-state index contributed by atoms with van der Waals surface area (Å²) in [6.07, 6.45) is 3.74. The van der Waals surface area contributed by atoms with Gasteiger partial charge in [-0.05, 0) is 59.9 Å². The summed E-state index contributed by atoms with van der Waals surface area (Å²) in [5, 5.41) is 0.989. The first-order valence-corrected chi connectivity index (χ1v) is 15.5. The summed E-state index contributed by atoms with van der Waals surface area (Å²) in [6.45, 7) is 0. The van der Waals surface area contributed by atoms with E-state index in [9.17, 15) is 4.79 Å². The van der Waals surface area contributed by atoms with E-state index in [4.69, 9.17) is 14.5 Å². The highest BCUT2D eigenvalue weighted by atomic mass is 32.1. The van der Waals surface area contributed by atoms with Crippen LogP contribution < -0.4 is 24.4 Å². The molecular weight excluding hydrogens is 566 g/mol.